The molecule has 20 heteroatoms. The molecule has 7 aromatic rings. The summed E-state index contributed by atoms with van der Waals surface area (Å²) in [5, 5.41) is 19.8. The van der Waals surface area contributed by atoms with Gasteiger partial charge in [0.05, 0.1) is 5.56 Å². The van der Waals surface area contributed by atoms with Gasteiger partial charge in [-0.3, -0.25) is 4.90 Å². The van der Waals surface area contributed by atoms with Crippen molar-refractivity contribution in [3.05, 3.63) is 115 Å². The van der Waals surface area contributed by atoms with E-state index in [0.29, 0.717) is 71.2 Å². The van der Waals surface area contributed by atoms with E-state index >= 15 is 0 Å². The molecule has 4 heterocycles. The number of alkyl halides is 3. The lowest BCUT2D eigenvalue weighted by Gasteiger charge is -2.20. The zero-order valence-electron chi connectivity index (χ0n) is 30.2. The second-order valence-corrected chi connectivity index (χ2v) is 11.7. The standard InChI is InChI=1S/C25H24F3N7O3.C12H9N5O2/c1-3-35(4-2)13-16-8-17(25(26,27)28)10-19(9-16)33-24(36)32-18-6-5-7-20(11-18)38-22-12-21(29-14-30-22)23-34-31-15-37-23;13-8-2-1-3-9(4-8)19-11-5-10(14-6-15-11)12-17-16-7-18-12/h5-12,14-15H,3-4,13H2,1-2H3,(H2,32,33,36);1-7H,13H2. The SMILES string of the molecule is CCN(CC)Cc1cc(NC(=O)Nc2cccc(Oc3cc(-c4nnco4)ncn3)c2)cc(C(F)(F)F)c1.Nc1cccc(Oc2cc(-c3nnco3)ncn2)c1. The van der Waals surface area contributed by atoms with E-state index in [9.17, 15) is 18.0 Å². The number of nitrogens with zero attached hydrogens (tertiary/aromatic N) is 9. The number of rotatable bonds is 12. The number of ether oxygens (including phenoxy) is 2. The first-order valence-electron chi connectivity index (χ1n) is 17.0. The lowest BCUT2D eigenvalue weighted by Crippen LogP contribution is -2.23. The van der Waals surface area contributed by atoms with Crippen LogP contribution in [0.15, 0.2) is 113 Å². The number of benzene rings is 3. The number of anilines is 3. The first-order chi connectivity index (χ1) is 27.5. The first kappa shape index (κ1) is 39.2. The fourth-order valence-corrected chi connectivity index (χ4v) is 5.07. The Morgan fingerprint density at radius 3 is 1.86 bits per heavy atom. The van der Waals surface area contributed by atoms with Crippen LogP contribution in [0.1, 0.15) is 25.0 Å². The summed E-state index contributed by atoms with van der Waals surface area (Å²) in [7, 11) is 0. The topological polar surface area (TPSA) is 218 Å². The molecule has 3 aromatic carbocycles. The summed E-state index contributed by atoms with van der Waals surface area (Å²) in [5.74, 6) is 2.00. The fraction of sp³-hybridized carbons (Fsp3) is 0.162. The van der Waals surface area contributed by atoms with Crippen molar-refractivity contribution in [3.8, 4) is 46.4 Å². The van der Waals surface area contributed by atoms with Gasteiger partial charge in [-0.2, -0.15) is 13.2 Å². The second kappa shape index (κ2) is 18.2. The van der Waals surface area contributed by atoms with Gasteiger partial charge in [-0.05, 0) is 61.1 Å². The van der Waals surface area contributed by atoms with Crippen LogP contribution in [0.4, 0.5) is 35.0 Å². The summed E-state index contributed by atoms with van der Waals surface area (Å²) in [6.07, 6.45) is 0.483. The molecule has 0 bridgehead atoms. The van der Waals surface area contributed by atoms with Crippen molar-refractivity contribution in [1.29, 1.82) is 0 Å². The van der Waals surface area contributed by atoms with Crippen molar-refractivity contribution in [2.75, 3.05) is 29.5 Å². The minimum atomic E-state index is -4.55. The van der Waals surface area contributed by atoms with Crippen LogP contribution in [0.5, 0.6) is 23.3 Å². The largest absolute Gasteiger partial charge is 0.439 e. The highest BCUT2D eigenvalue weighted by atomic mass is 19.4. The first-order valence-corrected chi connectivity index (χ1v) is 17.0. The van der Waals surface area contributed by atoms with Crippen LogP contribution in [0.25, 0.3) is 23.2 Å². The van der Waals surface area contributed by atoms with Crippen molar-refractivity contribution in [1.82, 2.24) is 45.2 Å². The third-order valence-electron chi connectivity index (χ3n) is 7.72. The van der Waals surface area contributed by atoms with E-state index < -0.39 is 17.8 Å². The van der Waals surface area contributed by atoms with Gasteiger partial charge in [0, 0.05) is 47.9 Å². The van der Waals surface area contributed by atoms with Crippen molar-refractivity contribution < 1.29 is 36.3 Å². The number of nitrogen functional groups attached to an aromatic ring is 1. The van der Waals surface area contributed by atoms with Crippen LogP contribution in [0.3, 0.4) is 0 Å². The predicted octanol–water partition coefficient (Wildman–Crippen LogP) is 7.72. The molecule has 4 aromatic heterocycles. The molecule has 2 amide bonds. The molecule has 0 aliphatic rings. The molecule has 0 aliphatic heterocycles. The van der Waals surface area contributed by atoms with E-state index in [1.54, 1.807) is 48.5 Å². The Bertz CT molecular complexity index is 2380. The van der Waals surface area contributed by atoms with Gasteiger partial charge < -0.3 is 34.7 Å². The van der Waals surface area contributed by atoms with E-state index in [4.69, 9.17) is 24.0 Å². The zero-order chi connectivity index (χ0) is 40.2. The van der Waals surface area contributed by atoms with E-state index in [1.807, 2.05) is 18.7 Å². The van der Waals surface area contributed by atoms with Gasteiger partial charge in [0.25, 0.3) is 11.8 Å². The maximum absolute atomic E-state index is 13.5. The minimum absolute atomic E-state index is 0.0291. The highest BCUT2D eigenvalue weighted by Gasteiger charge is 2.31. The second-order valence-electron chi connectivity index (χ2n) is 11.7. The van der Waals surface area contributed by atoms with Crippen LogP contribution in [0, 0.1) is 0 Å². The van der Waals surface area contributed by atoms with Crippen molar-refractivity contribution in [2.24, 2.45) is 0 Å². The highest BCUT2D eigenvalue weighted by Crippen LogP contribution is 2.33. The fourth-order valence-electron chi connectivity index (χ4n) is 5.07. The Balaban J connectivity index is 0.000000240. The summed E-state index contributed by atoms with van der Waals surface area (Å²) in [6.45, 7) is 5.55. The summed E-state index contributed by atoms with van der Waals surface area (Å²) >= 11 is 0. The third kappa shape index (κ3) is 11.3. The number of hydrogen-bond acceptors (Lipinski definition) is 15. The monoisotopic (exact) mass is 782 g/mol. The molecule has 0 saturated carbocycles. The van der Waals surface area contributed by atoms with Crippen molar-refractivity contribution >= 4 is 23.1 Å². The van der Waals surface area contributed by atoms with E-state index in [1.165, 1.54) is 43.6 Å². The zero-order valence-corrected chi connectivity index (χ0v) is 30.2. The number of halogens is 3. The molecule has 0 radical (unpaired) electrons. The number of carbonyl (C=O) groups excluding carboxylic acids is 1. The van der Waals surface area contributed by atoms with E-state index in [2.05, 4.69) is 51.0 Å². The Labute approximate surface area is 322 Å². The number of urea groups is 1. The van der Waals surface area contributed by atoms with Crippen LogP contribution < -0.4 is 25.8 Å². The van der Waals surface area contributed by atoms with Gasteiger partial charge in [0.1, 0.15) is 35.5 Å². The van der Waals surface area contributed by atoms with Gasteiger partial charge in [-0.1, -0.05) is 26.0 Å². The Morgan fingerprint density at radius 2 is 1.32 bits per heavy atom. The lowest BCUT2D eigenvalue weighted by atomic mass is 10.1. The Kier molecular flexibility index (Phi) is 12.5. The van der Waals surface area contributed by atoms with Crippen LogP contribution in [-0.2, 0) is 12.7 Å². The maximum Gasteiger partial charge on any atom is 0.416 e. The van der Waals surface area contributed by atoms with Crippen LogP contribution in [-0.4, -0.2) is 64.4 Å². The molecular formula is C37H33F3N12O5. The third-order valence-corrected chi connectivity index (χ3v) is 7.72. The molecular weight excluding hydrogens is 749 g/mol. The predicted molar refractivity (Wildman–Crippen MR) is 199 cm³/mol. The number of amides is 2. The number of carbonyl (C=O) groups is 1. The van der Waals surface area contributed by atoms with Gasteiger partial charge in [-0.25, -0.2) is 24.7 Å². The van der Waals surface area contributed by atoms with Crippen molar-refractivity contribution in [2.45, 2.75) is 26.6 Å². The normalized spacial score (nSPS) is 11.1. The average molecular weight is 783 g/mol. The van der Waals surface area contributed by atoms with Gasteiger partial charge in [0.2, 0.25) is 24.5 Å². The van der Waals surface area contributed by atoms with Crippen LogP contribution in [0.2, 0.25) is 0 Å². The molecule has 0 aliphatic carbocycles. The molecule has 7 rings (SSSR count). The molecule has 0 spiro atoms. The number of hydrogen-bond donors (Lipinski definition) is 3. The smallest absolute Gasteiger partial charge is 0.416 e. The molecule has 17 nitrogen and oxygen atoms in total. The Hall–Kier alpha value is -7.48. The number of aromatic nitrogens is 8. The average Bonchev–Trinajstić information content (AvgIpc) is 3.94. The quantitative estimate of drug-likeness (QED) is 0.101. The summed E-state index contributed by atoms with van der Waals surface area (Å²) in [5.41, 5.74) is 7.13. The molecule has 0 saturated heterocycles. The van der Waals surface area contributed by atoms with Gasteiger partial charge in [-0.15, -0.1) is 20.4 Å². The molecule has 292 valence electrons. The van der Waals surface area contributed by atoms with Gasteiger partial charge >= 0.3 is 12.2 Å². The van der Waals surface area contributed by atoms with E-state index in [0.717, 1.165) is 12.1 Å². The van der Waals surface area contributed by atoms with Gasteiger partial charge in [0.15, 0.2) is 0 Å². The maximum atomic E-state index is 13.5. The number of nitrogens with one attached hydrogen (secondary N) is 2. The summed E-state index contributed by atoms with van der Waals surface area (Å²) in [4.78, 5) is 30.7. The van der Waals surface area contributed by atoms with Crippen LogP contribution >= 0.6 is 0 Å². The molecule has 4 N–H and O–H groups in total. The molecule has 0 fully saturated rings. The Morgan fingerprint density at radius 1 is 0.737 bits per heavy atom. The summed E-state index contributed by atoms with van der Waals surface area (Å²) in [6, 6.07) is 19.4. The molecule has 0 atom stereocenters. The lowest BCUT2D eigenvalue weighted by molar-refractivity contribution is -0.137. The minimum Gasteiger partial charge on any atom is -0.439 e. The summed E-state index contributed by atoms with van der Waals surface area (Å²) < 4.78 is 61.9. The molecule has 0 unspecified atom stereocenters. The van der Waals surface area contributed by atoms with Crippen molar-refractivity contribution in [3.63, 3.8) is 0 Å². The van der Waals surface area contributed by atoms with E-state index in [-0.39, 0.29) is 17.5 Å². The number of nitrogens with two attached hydrogens (primary N) is 1. The molecule has 57 heavy (non-hydrogen) atoms. The highest BCUT2D eigenvalue weighted by molar-refractivity contribution is 6.00.